The zero-order valence-corrected chi connectivity index (χ0v) is 18.8. The molecule has 0 aromatic heterocycles. The van der Waals surface area contributed by atoms with Crippen LogP contribution < -0.4 is 10.1 Å². The maximum Gasteiger partial charge on any atom is 0.325 e. The number of hydrogen-bond acceptors (Lipinski definition) is 6. The van der Waals surface area contributed by atoms with E-state index in [1.165, 1.54) is 0 Å². The molecule has 0 unspecified atom stereocenters. The predicted molar refractivity (Wildman–Crippen MR) is 118 cm³/mol. The molecule has 1 saturated heterocycles. The van der Waals surface area contributed by atoms with Gasteiger partial charge in [-0.3, -0.25) is 4.79 Å². The molecule has 2 aromatic rings. The fraction of sp³-hybridized carbons (Fsp3) is 0.480. The van der Waals surface area contributed by atoms with Crippen molar-refractivity contribution < 1.29 is 28.1 Å². The summed E-state index contributed by atoms with van der Waals surface area (Å²) >= 11 is 0. The van der Waals surface area contributed by atoms with Gasteiger partial charge in [-0.2, -0.15) is 0 Å². The van der Waals surface area contributed by atoms with E-state index >= 15 is 4.39 Å². The fourth-order valence-electron chi connectivity index (χ4n) is 4.11. The van der Waals surface area contributed by atoms with Crippen LogP contribution in [-0.2, 0) is 38.5 Å². The van der Waals surface area contributed by atoms with E-state index in [-0.39, 0.29) is 18.8 Å². The zero-order valence-electron chi connectivity index (χ0n) is 18.8. The van der Waals surface area contributed by atoms with Crippen LogP contribution in [0.25, 0.3) is 0 Å². The number of hydrogen-bond donors (Lipinski definition) is 1. The Morgan fingerprint density at radius 3 is 2.59 bits per heavy atom. The lowest BCUT2D eigenvalue weighted by Gasteiger charge is -2.33. The highest BCUT2D eigenvalue weighted by molar-refractivity contribution is 5.77. The number of ether oxygens (including phenoxy) is 4. The van der Waals surface area contributed by atoms with Gasteiger partial charge >= 0.3 is 5.97 Å². The van der Waals surface area contributed by atoms with E-state index in [9.17, 15) is 4.79 Å². The Labute approximate surface area is 188 Å². The van der Waals surface area contributed by atoms with Gasteiger partial charge in [0, 0.05) is 12.8 Å². The van der Waals surface area contributed by atoms with Gasteiger partial charge in [0.05, 0.1) is 13.2 Å². The van der Waals surface area contributed by atoms with Crippen molar-refractivity contribution in [2.24, 2.45) is 0 Å². The van der Waals surface area contributed by atoms with Gasteiger partial charge in [-0.1, -0.05) is 30.3 Å². The average Bonchev–Trinajstić information content (AvgIpc) is 3.19. The summed E-state index contributed by atoms with van der Waals surface area (Å²) in [6, 6.07) is 11.5. The molecule has 1 heterocycles. The molecule has 32 heavy (non-hydrogen) atoms. The Bertz CT molecular complexity index is 965. The third-order valence-corrected chi connectivity index (χ3v) is 5.53. The van der Waals surface area contributed by atoms with Gasteiger partial charge in [0.15, 0.2) is 11.6 Å². The second kappa shape index (κ2) is 9.08. The van der Waals surface area contributed by atoms with E-state index in [4.69, 9.17) is 18.9 Å². The lowest BCUT2D eigenvalue weighted by atomic mass is 9.86. The highest BCUT2D eigenvalue weighted by Crippen LogP contribution is 2.41. The first-order valence-corrected chi connectivity index (χ1v) is 11.0. The molecule has 6 nitrogen and oxygen atoms in total. The summed E-state index contributed by atoms with van der Waals surface area (Å²) in [5, 5.41) is 2.91. The van der Waals surface area contributed by atoms with Crippen LogP contribution in [0.4, 0.5) is 10.1 Å². The van der Waals surface area contributed by atoms with Crippen molar-refractivity contribution in [1.29, 1.82) is 0 Å². The number of esters is 1. The van der Waals surface area contributed by atoms with Crippen LogP contribution >= 0.6 is 0 Å². The van der Waals surface area contributed by atoms with E-state index in [0.29, 0.717) is 43.8 Å². The van der Waals surface area contributed by atoms with Crippen molar-refractivity contribution in [1.82, 2.24) is 0 Å². The van der Waals surface area contributed by atoms with E-state index < -0.39 is 23.2 Å². The van der Waals surface area contributed by atoms with Crippen LogP contribution in [0.2, 0.25) is 0 Å². The standard InChI is InChI=1S/C25H30FNO5/c1-24(2,3)32-21(28)15-27-23-20(29-16-17-7-5-4-6-8-17)13-18-9-10-25(30-11-12-31-25)14-19(18)22(23)26/h4-8,13,27H,9-12,14-16H2,1-3H3. The van der Waals surface area contributed by atoms with Gasteiger partial charge in [0.1, 0.15) is 30.2 Å². The summed E-state index contributed by atoms with van der Waals surface area (Å²) < 4.78 is 38.7. The van der Waals surface area contributed by atoms with Crippen molar-refractivity contribution >= 4 is 11.7 Å². The first-order valence-electron chi connectivity index (χ1n) is 11.0. The van der Waals surface area contributed by atoms with E-state index in [1.807, 2.05) is 36.4 Å². The number of benzene rings is 2. The molecule has 1 spiro atoms. The summed E-state index contributed by atoms with van der Waals surface area (Å²) in [7, 11) is 0. The molecule has 0 saturated carbocycles. The summed E-state index contributed by atoms with van der Waals surface area (Å²) in [4.78, 5) is 12.2. The van der Waals surface area contributed by atoms with E-state index in [0.717, 1.165) is 11.1 Å². The second-order valence-electron chi connectivity index (χ2n) is 9.20. The largest absolute Gasteiger partial charge is 0.487 e. The number of halogens is 1. The van der Waals surface area contributed by atoms with Gasteiger partial charge in [-0.05, 0) is 49.9 Å². The molecule has 1 fully saturated rings. The monoisotopic (exact) mass is 443 g/mol. The molecule has 172 valence electrons. The molecule has 1 aliphatic carbocycles. The maximum absolute atomic E-state index is 15.8. The number of carbonyl (C=O) groups is 1. The number of anilines is 1. The summed E-state index contributed by atoms with van der Waals surface area (Å²) in [5.74, 6) is -1.30. The first kappa shape index (κ1) is 22.6. The predicted octanol–water partition coefficient (Wildman–Crippen LogP) is 4.39. The van der Waals surface area contributed by atoms with Crippen LogP contribution in [0.15, 0.2) is 36.4 Å². The molecule has 4 rings (SSSR count). The quantitative estimate of drug-likeness (QED) is 0.668. The lowest BCUT2D eigenvalue weighted by Crippen LogP contribution is -2.37. The second-order valence-corrected chi connectivity index (χ2v) is 9.20. The van der Waals surface area contributed by atoms with Gasteiger partial charge in [-0.25, -0.2) is 4.39 Å². The molecule has 0 bridgehead atoms. The van der Waals surface area contributed by atoms with Crippen molar-refractivity contribution in [2.45, 2.75) is 58.0 Å². The van der Waals surface area contributed by atoms with Crippen molar-refractivity contribution in [2.75, 3.05) is 25.1 Å². The van der Waals surface area contributed by atoms with Crippen LogP contribution in [0, 0.1) is 5.82 Å². The summed E-state index contributed by atoms with van der Waals surface area (Å²) in [6.07, 6.45) is 1.62. The number of carbonyl (C=O) groups excluding carboxylic acids is 1. The fourth-order valence-corrected chi connectivity index (χ4v) is 4.11. The van der Waals surface area contributed by atoms with Gasteiger partial charge < -0.3 is 24.3 Å². The number of aryl methyl sites for hydroxylation is 1. The Morgan fingerprint density at radius 2 is 1.91 bits per heavy atom. The normalized spacial score (nSPS) is 17.1. The molecule has 0 atom stereocenters. The minimum atomic E-state index is -0.761. The number of fused-ring (bicyclic) bond motifs is 1. The van der Waals surface area contributed by atoms with E-state index in [2.05, 4.69) is 5.32 Å². The van der Waals surface area contributed by atoms with Crippen LogP contribution in [0.3, 0.4) is 0 Å². The first-order chi connectivity index (χ1) is 15.2. The minimum Gasteiger partial charge on any atom is -0.487 e. The van der Waals surface area contributed by atoms with Crippen LogP contribution in [0.5, 0.6) is 5.75 Å². The van der Waals surface area contributed by atoms with Gasteiger partial charge in [-0.15, -0.1) is 0 Å². The molecular formula is C25H30FNO5. The Morgan fingerprint density at radius 1 is 1.19 bits per heavy atom. The molecule has 1 N–H and O–H groups in total. The molecule has 1 aliphatic heterocycles. The molecule has 7 heteroatoms. The maximum atomic E-state index is 15.8. The summed E-state index contributed by atoms with van der Waals surface area (Å²) in [5.41, 5.74) is 1.91. The van der Waals surface area contributed by atoms with Crippen molar-refractivity contribution in [3.63, 3.8) is 0 Å². The summed E-state index contributed by atoms with van der Waals surface area (Å²) in [6.45, 7) is 6.51. The highest BCUT2D eigenvalue weighted by Gasteiger charge is 2.41. The van der Waals surface area contributed by atoms with Crippen molar-refractivity contribution in [3.8, 4) is 5.75 Å². The molecule has 2 aliphatic rings. The average molecular weight is 444 g/mol. The van der Waals surface area contributed by atoms with E-state index in [1.54, 1.807) is 20.8 Å². The molecule has 0 amide bonds. The third-order valence-electron chi connectivity index (χ3n) is 5.53. The smallest absolute Gasteiger partial charge is 0.325 e. The number of nitrogens with one attached hydrogen (secondary N) is 1. The molecular weight excluding hydrogens is 413 g/mol. The van der Waals surface area contributed by atoms with Gasteiger partial charge in [0.25, 0.3) is 0 Å². The highest BCUT2D eigenvalue weighted by atomic mass is 19.1. The lowest BCUT2D eigenvalue weighted by molar-refractivity contribution is -0.164. The Balaban J connectivity index is 1.60. The Hall–Kier alpha value is -2.64. The zero-order chi connectivity index (χ0) is 22.8. The van der Waals surface area contributed by atoms with Crippen LogP contribution in [0.1, 0.15) is 43.9 Å². The third kappa shape index (κ3) is 5.22. The molecule has 2 aromatic carbocycles. The Kier molecular flexibility index (Phi) is 6.40. The van der Waals surface area contributed by atoms with Crippen LogP contribution in [-0.4, -0.2) is 37.1 Å². The minimum absolute atomic E-state index is 0.153. The van der Waals surface area contributed by atoms with Crippen molar-refractivity contribution in [3.05, 3.63) is 58.9 Å². The SMILES string of the molecule is CC(C)(C)OC(=O)CNc1c(OCc2ccccc2)cc2c(c1F)CC1(CC2)OCCO1. The number of rotatable bonds is 6. The topological polar surface area (TPSA) is 66.0 Å². The molecule has 0 radical (unpaired) electrons. The van der Waals surface area contributed by atoms with Gasteiger partial charge in [0.2, 0.25) is 0 Å².